The van der Waals surface area contributed by atoms with Crippen molar-refractivity contribution in [2.75, 3.05) is 17.1 Å². The lowest BCUT2D eigenvalue weighted by atomic mass is 10.1. The van der Waals surface area contributed by atoms with Gasteiger partial charge in [0, 0.05) is 12.3 Å². The van der Waals surface area contributed by atoms with Crippen molar-refractivity contribution in [1.82, 2.24) is 0 Å². The summed E-state index contributed by atoms with van der Waals surface area (Å²) in [6.45, 7) is 2.60. The van der Waals surface area contributed by atoms with Crippen LogP contribution < -0.4 is 4.72 Å². The van der Waals surface area contributed by atoms with E-state index < -0.39 is 10.0 Å². The summed E-state index contributed by atoms with van der Waals surface area (Å²) in [5.41, 5.74) is 1.65. The molecule has 0 radical (unpaired) electrons. The maximum absolute atomic E-state index is 12.0. The highest BCUT2D eigenvalue weighted by Gasteiger charge is 2.21. The first-order chi connectivity index (χ1) is 8.55. The van der Waals surface area contributed by atoms with Crippen molar-refractivity contribution in [2.45, 2.75) is 32.3 Å². The van der Waals surface area contributed by atoms with Gasteiger partial charge in [-0.15, -0.1) is 0 Å². The van der Waals surface area contributed by atoms with Gasteiger partial charge in [-0.1, -0.05) is 12.1 Å². The van der Waals surface area contributed by atoms with Gasteiger partial charge in [-0.3, -0.25) is 4.72 Å². The molecule has 1 aromatic rings. The highest BCUT2D eigenvalue weighted by Crippen LogP contribution is 2.17. The largest absolute Gasteiger partial charge is 0.377 e. The van der Waals surface area contributed by atoms with Crippen LogP contribution in [-0.2, 0) is 14.8 Å². The van der Waals surface area contributed by atoms with E-state index in [0.717, 1.165) is 24.8 Å². The number of sulfonamides is 1. The Hall–Kier alpha value is -1.07. The van der Waals surface area contributed by atoms with Crippen LogP contribution >= 0.6 is 0 Å². The number of benzene rings is 1. The summed E-state index contributed by atoms with van der Waals surface area (Å²) in [4.78, 5) is 0. The maximum Gasteiger partial charge on any atom is 0.235 e. The Morgan fingerprint density at radius 1 is 1.39 bits per heavy atom. The molecule has 1 atom stereocenters. The SMILES string of the molecule is Cc1cccc(NS(=O)(=O)CC2CCCCO2)c1. The minimum Gasteiger partial charge on any atom is -0.377 e. The van der Waals surface area contributed by atoms with Crippen LogP contribution in [0.3, 0.4) is 0 Å². The number of ether oxygens (including phenoxy) is 1. The molecule has 0 spiro atoms. The van der Waals surface area contributed by atoms with E-state index in [1.165, 1.54) is 0 Å². The first-order valence-corrected chi connectivity index (χ1v) is 7.89. The summed E-state index contributed by atoms with van der Waals surface area (Å²) in [5.74, 6) is 0.0426. The average molecular weight is 269 g/mol. The molecule has 0 aromatic heterocycles. The Morgan fingerprint density at radius 2 is 2.22 bits per heavy atom. The summed E-state index contributed by atoms with van der Waals surface area (Å²) in [6, 6.07) is 7.35. The van der Waals surface area contributed by atoms with Crippen LogP contribution in [-0.4, -0.2) is 26.9 Å². The fourth-order valence-electron chi connectivity index (χ4n) is 2.11. The van der Waals surface area contributed by atoms with Crippen molar-refractivity contribution >= 4 is 15.7 Å². The third-order valence-corrected chi connectivity index (χ3v) is 4.33. The van der Waals surface area contributed by atoms with E-state index in [2.05, 4.69) is 4.72 Å². The second-order valence-electron chi connectivity index (χ2n) is 4.74. The Morgan fingerprint density at radius 3 is 2.89 bits per heavy atom. The van der Waals surface area contributed by atoms with Crippen LogP contribution in [0.15, 0.2) is 24.3 Å². The molecule has 18 heavy (non-hydrogen) atoms. The Balaban J connectivity index is 1.98. The molecule has 1 aromatic carbocycles. The lowest BCUT2D eigenvalue weighted by Gasteiger charge is -2.22. The lowest BCUT2D eigenvalue weighted by Crippen LogP contribution is -2.30. The zero-order valence-electron chi connectivity index (χ0n) is 10.6. The molecule has 0 amide bonds. The van der Waals surface area contributed by atoms with Crippen molar-refractivity contribution in [3.63, 3.8) is 0 Å². The minimum absolute atomic E-state index is 0.0426. The summed E-state index contributed by atoms with van der Waals surface area (Å²) in [5, 5.41) is 0. The molecule has 2 rings (SSSR count). The molecule has 1 saturated heterocycles. The maximum atomic E-state index is 12.0. The van der Waals surface area contributed by atoms with Gasteiger partial charge in [0.05, 0.1) is 11.9 Å². The number of hydrogen-bond acceptors (Lipinski definition) is 3. The molecule has 1 N–H and O–H groups in total. The zero-order valence-corrected chi connectivity index (χ0v) is 11.4. The van der Waals surface area contributed by atoms with E-state index in [-0.39, 0.29) is 11.9 Å². The second-order valence-corrected chi connectivity index (χ2v) is 6.51. The van der Waals surface area contributed by atoms with E-state index in [0.29, 0.717) is 12.3 Å². The monoisotopic (exact) mass is 269 g/mol. The van der Waals surface area contributed by atoms with E-state index in [1.54, 1.807) is 6.07 Å². The number of hydrogen-bond donors (Lipinski definition) is 1. The van der Waals surface area contributed by atoms with Gasteiger partial charge in [-0.2, -0.15) is 0 Å². The van der Waals surface area contributed by atoms with Crippen molar-refractivity contribution in [2.24, 2.45) is 0 Å². The minimum atomic E-state index is -3.33. The van der Waals surface area contributed by atoms with Gasteiger partial charge in [-0.05, 0) is 43.9 Å². The molecule has 0 saturated carbocycles. The van der Waals surface area contributed by atoms with Gasteiger partial charge in [0.1, 0.15) is 0 Å². The van der Waals surface area contributed by atoms with Gasteiger partial charge < -0.3 is 4.74 Å². The Kier molecular flexibility index (Phi) is 4.24. The molecule has 4 nitrogen and oxygen atoms in total. The predicted octanol–water partition coefficient (Wildman–Crippen LogP) is 2.31. The molecule has 5 heteroatoms. The van der Waals surface area contributed by atoms with Crippen LogP contribution in [0, 0.1) is 6.92 Å². The van der Waals surface area contributed by atoms with Gasteiger partial charge in [-0.25, -0.2) is 8.42 Å². The van der Waals surface area contributed by atoms with E-state index in [4.69, 9.17) is 4.74 Å². The topological polar surface area (TPSA) is 55.4 Å². The molecule has 0 bridgehead atoms. The van der Waals surface area contributed by atoms with E-state index >= 15 is 0 Å². The fraction of sp³-hybridized carbons (Fsp3) is 0.538. The number of rotatable bonds is 4. The van der Waals surface area contributed by atoms with Crippen molar-refractivity contribution < 1.29 is 13.2 Å². The quantitative estimate of drug-likeness (QED) is 0.912. The lowest BCUT2D eigenvalue weighted by molar-refractivity contribution is 0.0306. The fourth-order valence-corrected chi connectivity index (χ4v) is 3.44. The number of aryl methyl sites for hydroxylation is 1. The van der Waals surface area contributed by atoms with Crippen LogP contribution in [0.4, 0.5) is 5.69 Å². The molecular weight excluding hydrogens is 250 g/mol. The normalized spacial score (nSPS) is 20.6. The molecular formula is C13H19NO3S. The van der Waals surface area contributed by atoms with E-state index in [1.807, 2.05) is 25.1 Å². The summed E-state index contributed by atoms with van der Waals surface area (Å²) < 4.78 is 32.0. The molecule has 100 valence electrons. The van der Waals surface area contributed by atoms with Crippen molar-refractivity contribution in [1.29, 1.82) is 0 Å². The van der Waals surface area contributed by atoms with Crippen LogP contribution in [0.1, 0.15) is 24.8 Å². The van der Waals surface area contributed by atoms with E-state index in [9.17, 15) is 8.42 Å². The molecule has 1 fully saturated rings. The smallest absolute Gasteiger partial charge is 0.235 e. The summed E-state index contributed by atoms with van der Waals surface area (Å²) >= 11 is 0. The predicted molar refractivity (Wildman–Crippen MR) is 72.2 cm³/mol. The summed E-state index contributed by atoms with van der Waals surface area (Å²) in [6.07, 6.45) is 2.74. The Bertz CT molecular complexity index is 493. The third kappa shape index (κ3) is 3.99. The van der Waals surface area contributed by atoms with Crippen molar-refractivity contribution in [3.05, 3.63) is 29.8 Å². The standard InChI is InChI=1S/C13H19NO3S/c1-11-5-4-6-12(9-11)14-18(15,16)10-13-7-2-3-8-17-13/h4-6,9,13-14H,2-3,7-8,10H2,1H3. The highest BCUT2D eigenvalue weighted by molar-refractivity contribution is 7.92. The van der Waals surface area contributed by atoms with Gasteiger partial charge in [0.2, 0.25) is 10.0 Å². The molecule has 1 unspecified atom stereocenters. The Labute approximate surface area is 108 Å². The zero-order chi connectivity index (χ0) is 13.0. The van der Waals surface area contributed by atoms with Crippen LogP contribution in [0.2, 0.25) is 0 Å². The average Bonchev–Trinajstić information content (AvgIpc) is 2.28. The second kappa shape index (κ2) is 5.71. The number of anilines is 1. The molecule has 0 aliphatic carbocycles. The first-order valence-electron chi connectivity index (χ1n) is 6.24. The first kappa shape index (κ1) is 13.4. The summed E-state index contributed by atoms with van der Waals surface area (Å²) in [7, 11) is -3.33. The number of nitrogens with one attached hydrogen (secondary N) is 1. The van der Waals surface area contributed by atoms with Gasteiger partial charge >= 0.3 is 0 Å². The molecule has 1 heterocycles. The van der Waals surface area contributed by atoms with Gasteiger partial charge in [0.25, 0.3) is 0 Å². The van der Waals surface area contributed by atoms with Crippen LogP contribution in [0.5, 0.6) is 0 Å². The molecule has 1 aliphatic heterocycles. The van der Waals surface area contributed by atoms with Gasteiger partial charge in [0.15, 0.2) is 0 Å². The molecule has 1 aliphatic rings. The highest BCUT2D eigenvalue weighted by atomic mass is 32.2. The third-order valence-electron chi connectivity index (χ3n) is 2.97. The van der Waals surface area contributed by atoms with Crippen LogP contribution in [0.25, 0.3) is 0 Å². The van der Waals surface area contributed by atoms with Crippen molar-refractivity contribution in [3.8, 4) is 0 Å².